The molecule has 1 rings (SSSR count). The molecule has 0 spiro atoms. The topological polar surface area (TPSA) is 86.6 Å². The van der Waals surface area contributed by atoms with Crippen LogP contribution in [0.2, 0.25) is 0 Å². The van der Waals surface area contributed by atoms with Crippen LogP contribution in [0.5, 0.6) is 0 Å². The van der Waals surface area contributed by atoms with Crippen molar-refractivity contribution in [2.24, 2.45) is 0 Å². The molecule has 1 aromatic rings. The standard InChI is InChI=1S/C10H11NO4/c12-6-8(10(14)15)11-9(13)7-4-2-1-3-5-7/h1-5,8,12H,6H2,(H,11,13)(H,14,15)/t8-/m1/s1. The van der Waals surface area contributed by atoms with Gasteiger partial charge in [-0.15, -0.1) is 0 Å². The Morgan fingerprint density at radius 1 is 1.27 bits per heavy atom. The van der Waals surface area contributed by atoms with Crippen molar-refractivity contribution >= 4 is 11.9 Å². The van der Waals surface area contributed by atoms with E-state index in [0.717, 1.165) is 0 Å². The lowest BCUT2D eigenvalue weighted by molar-refractivity contribution is -0.140. The average Bonchev–Trinajstić information content (AvgIpc) is 2.26. The van der Waals surface area contributed by atoms with Gasteiger partial charge < -0.3 is 15.5 Å². The second-order valence-electron chi connectivity index (χ2n) is 2.91. The minimum atomic E-state index is -1.27. The maximum absolute atomic E-state index is 11.4. The minimum Gasteiger partial charge on any atom is -0.480 e. The molecular weight excluding hydrogens is 198 g/mol. The Balaban J connectivity index is 2.67. The molecule has 0 saturated carbocycles. The number of carbonyl (C=O) groups is 2. The first-order valence-corrected chi connectivity index (χ1v) is 4.34. The van der Waals surface area contributed by atoms with Crippen molar-refractivity contribution in [3.8, 4) is 0 Å². The molecule has 0 aliphatic rings. The molecule has 0 saturated heterocycles. The first-order chi connectivity index (χ1) is 7.15. The molecule has 0 heterocycles. The molecule has 0 fully saturated rings. The van der Waals surface area contributed by atoms with Crippen molar-refractivity contribution in [2.75, 3.05) is 6.61 Å². The van der Waals surface area contributed by atoms with Crippen LogP contribution >= 0.6 is 0 Å². The van der Waals surface area contributed by atoms with E-state index >= 15 is 0 Å². The summed E-state index contributed by atoms with van der Waals surface area (Å²) in [6.07, 6.45) is 0. The van der Waals surface area contributed by atoms with Gasteiger partial charge in [0.05, 0.1) is 6.61 Å². The van der Waals surface area contributed by atoms with E-state index in [-0.39, 0.29) is 0 Å². The highest BCUT2D eigenvalue weighted by Gasteiger charge is 2.18. The smallest absolute Gasteiger partial charge is 0.328 e. The van der Waals surface area contributed by atoms with E-state index in [1.807, 2.05) is 0 Å². The van der Waals surface area contributed by atoms with Crippen molar-refractivity contribution in [1.29, 1.82) is 0 Å². The summed E-state index contributed by atoms with van der Waals surface area (Å²) >= 11 is 0. The Labute approximate surface area is 86.4 Å². The zero-order valence-corrected chi connectivity index (χ0v) is 7.88. The Hall–Kier alpha value is -1.88. The molecule has 1 amide bonds. The van der Waals surface area contributed by atoms with Gasteiger partial charge in [0.25, 0.3) is 5.91 Å². The normalized spacial score (nSPS) is 11.8. The third-order valence-electron chi connectivity index (χ3n) is 1.82. The molecule has 0 radical (unpaired) electrons. The van der Waals surface area contributed by atoms with Crippen molar-refractivity contribution < 1.29 is 19.8 Å². The predicted molar refractivity (Wildman–Crippen MR) is 52.4 cm³/mol. The number of carboxylic acid groups (broad SMARTS) is 1. The van der Waals surface area contributed by atoms with Gasteiger partial charge >= 0.3 is 5.97 Å². The molecule has 5 nitrogen and oxygen atoms in total. The highest BCUT2D eigenvalue weighted by molar-refractivity contribution is 5.96. The SMILES string of the molecule is O=C(N[C@H](CO)C(=O)O)c1ccccc1. The van der Waals surface area contributed by atoms with Gasteiger partial charge in [0.1, 0.15) is 0 Å². The second kappa shape index (κ2) is 5.11. The molecule has 0 unspecified atom stereocenters. The molecule has 0 aromatic heterocycles. The summed E-state index contributed by atoms with van der Waals surface area (Å²) in [5, 5.41) is 19.5. The monoisotopic (exact) mass is 209 g/mol. The third-order valence-corrected chi connectivity index (χ3v) is 1.82. The predicted octanol–water partition coefficient (Wildman–Crippen LogP) is -0.138. The number of rotatable bonds is 4. The first-order valence-electron chi connectivity index (χ1n) is 4.34. The number of hydrogen-bond acceptors (Lipinski definition) is 3. The number of benzene rings is 1. The van der Waals surface area contributed by atoms with Crippen molar-refractivity contribution in [2.45, 2.75) is 6.04 Å². The summed E-state index contributed by atoms with van der Waals surface area (Å²) in [5.74, 6) is -1.78. The van der Waals surface area contributed by atoms with Crippen LogP contribution in [-0.4, -0.2) is 34.7 Å². The lowest BCUT2D eigenvalue weighted by atomic mass is 10.2. The summed E-state index contributed by atoms with van der Waals surface area (Å²) in [4.78, 5) is 22.0. The summed E-state index contributed by atoms with van der Waals surface area (Å²) in [6, 6.07) is 6.94. The zero-order valence-electron chi connectivity index (χ0n) is 7.88. The van der Waals surface area contributed by atoms with Crippen LogP contribution < -0.4 is 5.32 Å². The molecule has 3 N–H and O–H groups in total. The van der Waals surface area contributed by atoms with Crippen LogP contribution in [0.15, 0.2) is 30.3 Å². The largest absolute Gasteiger partial charge is 0.480 e. The molecule has 1 atom stereocenters. The van der Waals surface area contributed by atoms with Crippen LogP contribution in [0.25, 0.3) is 0 Å². The van der Waals surface area contributed by atoms with Gasteiger partial charge in [0.2, 0.25) is 0 Å². The molecule has 15 heavy (non-hydrogen) atoms. The molecule has 5 heteroatoms. The van der Waals surface area contributed by atoms with Gasteiger partial charge in [0.15, 0.2) is 6.04 Å². The number of hydrogen-bond donors (Lipinski definition) is 3. The van der Waals surface area contributed by atoms with E-state index in [1.54, 1.807) is 30.3 Å². The molecule has 80 valence electrons. The zero-order chi connectivity index (χ0) is 11.3. The van der Waals surface area contributed by atoms with Crippen LogP contribution in [0.4, 0.5) is 0 Å². The van der Waals surface area contributed by atoms with E-state index in [0.29, 0.717) is 5.56 Å². The van der Waals surface area contributed by atoms with E-state index in [4.69, 9.17) is 10.2 Å². The second-order valence-corrected chi connectivity index (χ2v) is 2.91. The molecular formula is C10H11NO4. The maximum atomic E-state index is 11.4. The molecule has 0 aliphatic heterocycles. The minimum absolute atomic E-state index is 0.359. The van der Waals surface area contributed by atoms with Gasteiger partial charge in [-0.05, 0) is 12.1 Å². The lowest BCUT2D eigenvalue weighted by Gasteiger charge is -2.11. The first kappa shape index (κ1) is 11.2. The average molecular weight is 209 g/mol. The van der Waals surface area contributed by atoms with Crippen LogP contribution in [-0.2, 0) is 4.79 Å². The van der Waals surface area contributed by atoms with Crippen LogP contribution in [0.3, 0.4) is 0 Å². The quantitative estimate of drug-likeness (QED) is 0.644. The summed E-state index contributed by atoms with van der Waals surface area (Å²) in [6.45, 7) is -0.631. The van der Waals surface area contributed by atoms with Crippen LogP contribution in [0.1, 0.15) is 10.4 Å². The summed E-state index contributed by atoms with van der Waals surface area (Å²) in [7, 11) is 0. The number of carboxylic acids is 1. The number of aliphatic hydroxyl groups is 1. The fraction of sp³-hybridized carbons (Fsp3) is 0.200. The Morgan fingerprint density at radius 3 is 2.33 bits per heavy atom. The van der Waals surface area contributed by atoms with E-state index in [9.17, 15) is 9.59 Å². The van der Waals surface area contributed by atoms with Crippen molar-refractivity contribution in [3.63, 3.8) is 0 Å². The number of nitrogens with one attached hydrogen (secondary N) is 1. The molecule has 1 aromatic carbocycles. The van der Waals surface area contributed by atoms with E-state index < -0.39 is 24.5 Å². The fourth-order valence-corrected chi connectivity index (χ4v) is 1.02. The Kier molecular flexibility index (Phi) is 3.82. The van der Waals surface area contributed by atoms with Gasteiger partial charge in [0, 0.05) is 5.56 Å². The van der Waals surface area contributed by atoms with Gasteiger partial charge in [-0.2, -0.15) is 0 Å². The Bertz CT molecular complexity index is 350. The Morgan fingerprint density at radius 2 is 1.87 bits per heavy atom. The highest BCUT2D eigenvalue weighted by atomic mass is 16.4. The van der Waals surface area contributed by atoms with Gasteiger partial charge in [-0.3, -0.25) is 4.79 Å². The highest BCUT2D eigenvalue weighted by Crippen LogP contribution is 1.98. The molecule has 0 aliphatic carbocycles. The maximum Gasteiger partial charge on any atom is 0.328 e. The van der Waals surface area contributed by atoms with Gasteiger partial charge in [-0.25, -0.2) is 4.79 Å². The number of carbonyl (C=O) groups excluding carboxylic acids is 1. The van der Waals surface area contributed by atoms with Crippen LogP contribution in [0, 0.1) is 0 Å². The number of amides is 1. The van der Waals surface area contributed by atoms with Crippen molar-refractivity contribution in [1.82, 2.24) is 5.32 Å². The summed E-state index contributed by atoms with van der Waals surface area (Å²) in [5.41, 5.74) is 0.359. The number of aliphatic carboxylic acids is 1. The lowest BCUT2D eigenvalue weighted by Crippen LogP contribution is -2.43. The van der Waals surface area contributed by atoms with Crippen molar-refractivity contribution in [3.05, 3.63) is 35.9 Å². The number of aliphatic hydroxyl groups excluding tert-OH is 1. The van der Waals surface area contributed by atoms with E-state index in [2.05, 4.69) is 5.32 Å². The van der Waals surface area contributed by atoms with Gasteiger partial charge in [-0.1, -0.05) is 18.2 Å². The molecule has 0 bridgehead atoms. The van der Waals surface area contributed by atoms with E-state index in [1.165, 1.54) is 0 Å². The summed E-state index contributed by atoms with van der Waals surface area (Å²) < 4.78 is 0. The fourth-order valence-electron chi connectivity index (χ4n) is 1.02. The third kappa shape index (κ3) is 3.07.